The maximum absolute atomic E-state index is 13.1. The fourth-order valence-electron chi connectivity index (χ4n) is 1.71. The van der Waals surface area contributed by atoms with Gasteiger partial charge in [-0.1, -0.05) is 11.3 Å². The molecule has 0 bridgehead atoms. The lowest BCUT2D eigenvalue weighted by Crippen LogP contribution is -2.04. The van der Waals surface area contributed by atoms with Gasteiger partial charge in [-0.2, -0.15) is 5.10 Å². The monoisotopic (exact) mass is 262 g/mol. The molecule has 4 nitrogen and oxygen atoms in total. The molecule has 0 spiro atoms. The van der Waals surface area contributed by atoms with Gasteiger partial charge in [-0.15, -0.1) is 0 Å². The van der Waals surface area contributed by atoms with Crippen LogP contribution in [0.2, 0.25) is 0 Å². The largest absolute Gasteiger partial charge is 0.356 e. The topological polar surface area (TPSA) is 42.7 Å². The summed E-state index contributed by atoms with van der Waals surface area (Å²) in [5.41, 5.74) is 1.88. The zero-order valence-electron chi connectivity index (χ0n) is 9.72. The molecule has 0 fully saturated rings. The second kappa shape index (κ2) is 4.38. The maximum Gasteiger partial charge on any atom is 0.184 e. The summed E-state index contributed by atoms with van der Waals surface area (Å²) in [6.45, 7) is 0.652. The van der Waals surface area contributed by atoms with E-state index in [0.29, 0.717) is 6.54 Å². The Bertz CT molecular complexity index is 688. The second-order valence-corrected chi connectivity index (χ2v) is 4.96. The number of nitrogens with zero attached hydrogens (tertiary/aromatic N) is 3. The van der Waals surface area contributed by atoms with Gasteiger partial charge in [0.05, 0.1) is 22.5 Å². The molecular formula is C12H11FN4S. The molecule has 0 aliphatic carbocycles. The Morgan fingerprint density at radius 3 is 3.06 bits per heavy atom. The summed E-state index contributed by atoms with van der Waals surface area (Å²) in [5, 5.41) is 8.10. The van der Waals surface area contributed by atoms with Crippen molar-refractivity contribution in [2.45, 2.75) is 6.54 Å². The minimum absolute atomic E-state index is 0.232. The van der Waals surface area contributed by atoms with Crippen molar-refractivity contribution in [1.29, 1.82) is 0 Å². The first kappa shape index (κ1) is 11.2. The van der Waals surface area contributed by atoms with Crippen molar-refractivity contribution in [2.24, 2.45) is 7.05 Å². The van der Waals surface area contributed by atoms with E-state index >= 15 is 0 Å². The first-order valence-corrected chi connectivity index (χ1v) is 6.31. The first-order valence-electron chi connectivity index (χ1n) is 5.49. The zero-order valence-corrected chi connectivity index (χ0v) is 10.5. The van der Waals surface area contributed by atoms with Gasteiger partial charge in [0.1, 0.15) is 5.82 Å². The summed E-state index contributed by atoms with van der Waals surface area (Å²) in [7, 11) is 1.89. The third-order valence-electron chi connectivity index (χ3n) is 2.69. The molecule has 1 aromatic carbocycles. The van der Waals surface area contributed by atoms with E-state index in [-0.39, 0.29) is 5.82 Å². The van der Waals surface area contributed by atoms with Crippen LogP contribution in [-0.2, 0) is 13.6 Å². The van der Waals surface area contributed by atoms with Crippen molar-refractivity contribution in [2.75, 3.05) is 5.32 Å². The van der Waals surface area contributed by atoms with Crippen LogP contribution >= 0.6 is 11.3 Å². The summed E-state index contributed by atoms with van der Waals surface area (Å²) in [5.74, 6) is -0.232. The Balaban J connectivity index is 1.81. The van der Waals surface area contributed by atoms with Gasteiger partial charge in [0, 0.05) is 13.2 Å². The third-order valence-corrected chi connectivity index (χ3v) is 3.67. The number of benzene rings is 1. The van der Waals surface area contributed by atoms with Gasteiger partial charge in [0.25, 0.3) is 0 Å². The lowest BCUT2D eigenvalue weighted by atomic mass is 10.3. The molecule has 0 saturated carbocycles. The predicted octanol–water partition coefficient (Wildman–Crippen LogP) is 2.78. The molecule has 0 aliphatic rings. The summed E-state index contributed by atoms with van der Waals surface area (Å²) >= 11 is 1.45. The number of aryl methyl sites for hydroxylation is 1. The van der Waals surface area contributed by atoms with Gasteiger partial charge < -0.3 is 5.32 Å². The fourth-order valence-corrected chi connectivity index (χ4v) is 2.60. The van der Waals surface area contributed by atoms with Crippen LogP contribution in [0, 0.1) is 5.82 Å². The van der Waals surface area contributed by atoms with Crippen molar-refractivity contribution >= 4 is 26.7 Å². The summed E-state index contributed by atoms with van der Waals surface area (Å²) in [6, 6.07) is 6.56. The molecule has 3 aromatic rings. The fraction of sp³-hybridized carbons (Fsp3) is 0.167. The highest BCUT2D eigenvalue weighted by atomic mass is 32.1. The lowest BCUT2D eigenvalue weighted by molar-refractivity contribution is 0.630. The number of nitrogens with one attached hydrogen (secondary N) is 1. The molecule has 1 N–H and O–H groups in total. The number of hydrogen-bond donors (Lipinski definition) is 1. The van der Waals surface area contributed by atoms with Crippen molar-refractivity contribution in [3.05, 3.63) is 42.0 Å². The van der Waals surface area contributed by atoms with E-state index in [2.05, 4.69) is 15.4 Å². The number of rotatable bonds is 3. The van der Waals surface area contributed by atoms with Gasteiger partial charge in [0.2, 0.25) is 0 Å². The van der Waals surface area contributed by atoms with Crippen LogP contribution in [0.3, 0.4) is 0 Å². The van der Waals surface area contributed by atoms with Crippen molar-refractivity contribution in [3.8, 4) is 0 Å². The van der Waals surface area contributed by atoms with Gasteiger partial charge in [-0.25, -0.2) is 9.37 Å². The van der Waals surface area contributed by atoms with E-state index < -0.39 is 0 Å². The molecule has 0 saturated heterocycles. The molecular weight excluding hydrogens is 251 g/mol. The van der Waals surface area contributed by atoms with Crippen LogP contribution in [-0.4, -0.2) is 14.8 Å². The molecule has 3 rings (SSSR count). The highest BCUT2D eigenvalue weighted by Crippen LogP contribution is 2.26. The molecule has 18 heavy (non-hydrogen) atoms. The van der Waals surface area contributed by atoms with Crippen molar-refractivity contribution in [1.82, 2.24) is 14.8 Å². The Morgan fingerprint density at radius 1 is 1.39 bits per heavy atom. The molecule has 0 atom stereocenters. The minimum Gasteiger partial charge on any atom is -0.356 e. The van der Waals surface area contributed by atoms with E-state index in [1.807, 2.05) is 13.1 Å². The average Bonchev–Trinajstić information content (AvgIpc) is 2.92. The quantitative estimate of drug-likeness (QED) is 0.789. The molecule has 0 aliphatic heterocycles. The lowest BCUT2D eigenvalue weighted by Gasteiger charge is -2.02. The van der Waals surface area contributed by atoms with Gasteiger partial charge in [0.15, 0.2) is 5.13 Å². The SMILES string of the molecule is Cn1nccc1CNc1nc2ccc(F)cc2s1. The Kier molecular flexibility index (Phi) is 2.71. The molecule has 0 amide bonds. The number of aromatic nitrogens is 3. The van der Waals surface area contributed by atoms with E-state index in [1.54, 1.807) is 16.9 Å². The number of anilines is 1. The molecule has 6 heteroatoms. The zero-order chi connectivity index (χ0) is 12.5. The van der Waals surface area contributed by atoms with Crippen LogP contribution < -0.4 is 5.32 Å². The molecule has 2 aromatic heterocycles. The first-order chi connectivity index (χ1) is 8.72. The van der Waals surface area contributed by atoms with Crippen LogP contribution in [0.25, 0.3) is 10.2 Å². The summed E-state index contributed by atoms with van der Waals surface area (Å²) < 4.78 is 15.7. The summed E-state index contributed by atoms with van der Waals surface area (Å²) in [4.78, 5) is 4.39. The Morgan fingerprint density at radius 2 is 2.28 bits per heavy atom. The Labute approximate surface area is 107 Å². The third kappa shape index (κ3) is 2.06. The molecule has 92 valence electrons. The van der Waals surface area contributed by atoms with E-state index in [1.165, 1.54) is 23.5 Å². The number of hydrogen-bond acceptors (Lipinski definition) is 4. The van der Waals surface area contributed by atoms with Crippen molar-refractivity contribution in [3.63, 3.8) is 0 Å². The van der Waals surface area contributed by atoms with Gasteiger partial charge in [-0.05, 0) is 24.3 Å². The van der Waals surface area contributed by atoms with E-state index in [0.717, 1.165) is 21.0 Å². The Hall–Kier alpha value is -1.95. The standard InChI is InChI=1S/C12H11FN4S/c1-17-9(4-5-15-17)7-14-12-16-10-3-2-8(13)6-11(10)18-12/h2-6H,7H2,1H3,(H,14,16). The van der Waals surface area contributed by atoms with E-state index in [4.69, 9.17) is 0 Å². The second-order valence-electron chi connectivity index (χ2n) is 3.93. The molecule has 2 heterocycles. The van der Waals surface area contributed by atoms with Crippen molar-refractivity contribution < 1.29 is 4.39 Å². The average molecular weight is 262 g/mol. The normalized spacial score (nSPS) is 11.0. The smallest absolute Gasteiger partial charge is 0.184 e. The van der Waals surface area contributed by atoms with Crippen LogP contribution in [0.4, 0.5) is 9.52 Å². The molecule has 0 radical (unpaired) electrons. The number of thiazole rings is 1. The highest BCUT2D eigenvalue weighted by molar-refractivity contribution is 7.22. The van der Waals surface area contributed by atoms with Gasteiger partial charge >= 0.3 is 0 Å². The van der Waals surface area contributed by atoms with Crippen LogP contribution in [0.15, 0.2) is 30.5 Å². The summed E-state index contributed by atoms with van der Waals surface area (Å²) in [6.07, 6.45) is 1.75. The number of halogens is 1. The number of fused-ring (bicyclic) bond motifs is 1. The minimum atomic E-state index is -0.232. The maximum atomic E-state index is 13.1. The van der Waals surface area contributed by atoms with Gasteiger partial charge in [-0.3, -0.25) is 4.68 Å². The van der Waals surface area contributed by atoms with Crippen LogP contribution in [0.1, 0.15) is 5.69 Å². The van der Waals surface area contributed by atoms with Crippen LogP contribution in [0.5, 0.6) is 0 Å². The molecule has 0 unspecified atom stereocenters. The van der Waals surface area contributed by atoms with E-state index in [9.17, 15) is 4.39 Å². The predicted molar refractivity (Wildman–Crippen MR) is 70.1 cm³/mol. The highest BCUT2D eigenvalue weighted by Gasteiger charge is 2.05.